The lowest BCUT2D eigenvalue weighted by Crippen LogP contribution is -2.53. The second-order valence-corrected chi connectivity index (χ2v) is 14.2. The molecule has 4 aromatic carbocycles. The normalized spacial score (nSPS) is 22.2. The Morgan fingerprint density at radius 1 is 0.961 bits per heavy atom. The van der Waals surface area contributed by atoms with Crippen molar-refractivity contribution in [3.63, 3.8) is 0 Å². The minimum Gasteiger partial charge on any atom is -0.504 e. The highest BCUT2D eigenvalue weighted by Crippen LogP contribution is 2.62. The number of para-hydroxylation sites is 1. The zero-order valence-corrected chi connectivity index (χ0v) is 29.7. The molecule has 8 rings (SSSR count). The number of anilines is 1. The Labute approximate surface area is 308 Å². The van der Waals surface area contributed by atoms with E-state index in [1.54, 1.807) is 66.7 Å². The molecule has 1 saturated carbocycles. The number of imide groups is 1. The van der Waals surface area contributed by atoms with Crippen molar-refractivity contribution >= 4 is 51.7 Å². The molecular formula is C37H28ClFIN5O6. The Kier molecular flexibility index (Phi) is 7.94. The number of halogens is 3. The third-order valence-corrected chi connectivity index (χ3v) is 11.2. The number of allylic oxidation sites excluding steroid dienone is 2. The van der Waals surface area contributed by atoms with Gasteiger partial charge in [0.05, 0.1) is 46.0 Å². The van der Waals surface area contributed by atoms with E-state index in [2.05, 4.69) is 5.43 Å². The largest absolute Gasteiger partial charge is 0.504 e. The van der Waals surface area contributed by atoms with E-state index in [-0.39, 0.29) is 24.5 Å². The number of phenolic OH excluding ortho intramolecular Hbond substituents is 1. The van der Waals surface area contributed by atoms with Gasteiger partial charge >= 0.3 is 11.4 Å². The molecule has 14 heteroatoms. The van der Waals surface area contributed by atoms with Gasteiger partial charge in [-0.05, 0) is 106 Å². The van der Waals surface area contributed by atoms with Gasteiger partial charge < -0.3 is 9.84 Å². The van der Waals surface area contributed by atoms with E-state index >= 15 is 4.79 Å². The van der Waals surface area contributed by atoms with Crippen LogP contribution in [-0.4, -0.2) is 43.0 Å². The van der Waals surface area contributed by atoms with Gasteiger partial charge in [0.1, 0.15) is 5.82 Å². The Hall–Kier alpha value is -5.15. The third kappa shape index (κ3) is 4.88. The topological polar surface area (TPSA) is 128 Å². The van der Waals surface area contributed by atoms with E-state index in [1.807, 2.05) is 28.7 Å². The summed E-state index contributed by atoms with van der Waals surface area (Å²) in [5, 5.41) is 12.3. The zero-order valence-electron chi connectivity index (χ0n) is 26.8. The molecule has 0 radical (unpaired) electrons. The summed E-state index contributed by atoms with van der Waals surface area (Å²) in [7, 11) is 1.42. The maximum absolute atomic E-state index is 15.2. The third-order valence-electron chi connectivity index (χ3n) is 10.1. The first-order valence-electron chi connectivity index (χ1n) is 16.0. The van der Waals surface area contributed by atoms with Gasteiger partial charge in [0.2, 0.25) is 0 Å². The molecule has 1 aliphatic carbocycles. The Bertz CT molecular complexity index is 2390. The van der Waals surface area contributed by atoms with E-state index in [9.17, 15) is 23.9 Å². The van der Waals surface area contributed by atoms with Crippen molar-refractivity contribution in [3.05, 3.63) is 149 Å². The van der Waals surface area contributed by atoms with Gasteiger partial charge in [0, 0.05) is 10.9 Å². The van der Waals surface area contributed by atoms with Gasteiger partial charge in [-0.3, -0.25) is 15.0 Å². The fourth-order valence-electron chi connectivity index (χ4n) is 8.01. The predicted molar refractivity (Wildman–Crippen MR) is 195 cm³/mol. The lowest BCUT2D eigenvalue weighted by atomic mass is 9.53. The number of methoxy groups -OCH3 is 1. The molecule has 1 aromatic heterocycles. The molecule has 3 heterocycles. The maximum atomic E-state index is 15.2. The van der Waals surface area contributed by atoms with Crippen molar-refractivity contribution in [2.45, 2.75) is 30.3 Å². The van der Waals surface area contributed by atoms with Crippen molar-refractivity contribution in [1.29, 1.82) is 0 Å². The predicted octanol–water partition coefficient (Wildman–Crippen LogP) is 5.53. The summed E-state index contributed by atoms with van der Waals surface area (Å²) in [6.45, 7) is 0.0175. The molecule has 2 amide bonds. The summed E-state index contributed by atoms with van der Waals surface area (Å²) < 4.78 is 23.7. The highest BCUT2D eigenvalue weighted by Gasteiger charge is 2.69. The highest BCUT2D eigenvalue weighted by molar-refractivity contribution is 14.1. The van der Waals surface area contributed by atoms with Gasteiger partial charge in [-0.1, -0.05) is 48.0 Å². The molecule has 2 aliphatic heterocycles. The summed E-state index contributed by atoms with van der Waals surface area (Å²) >= 11 is 8.33. The standard InChI is InChI=1S/C37H28ClFIN5O6/c1-51-30-18-20(17-28(40)32(30)46)31-26-15-16-42-35(49)43(25-5-3-2-4-6-25)36(50)45(42)29(26)19-27-33(47)44(41-24-13-11-23(39)12-14-24)34(48)37(27,31)21-7-9-22(38)10-8-21/h2-15,17-18,27,29,31,41,46H,16,19H2,1H3. The zero-order chi connectivity index (χ0) is 35.8. The Morgan fingerprint density at radius 2 is 1.67 bits per heavy atom. The molecule has 0 bridgehead atoms. The van der Waals surface area contributed by atoms with E-state index in [1.165, 1.54) is 40.7 Å². The van der Waals surface area contributed by atoms with Crippen LogP contribution in [0.15, 0.2) is 112 Å². The molecule has 11 nitrogen and oxygen atoms in total. The number of hydrogen-bond acceptors (Lipinski definition) is 7. The average molecular weight is 820 g/mol. The smallest absolute Gasteiger partial charge is 0.352 e. The molecule has 258 valence electrons. The molecule has 3 aliphatic rings. The number of aromatic nitrogens is 3. The monoisotopic (exact) mass is 819 g/mol. The summed E-state index contributed by atoms with van der Waals surface area (Å²) in [4.78, 5) is 58.1. The second kappa shape index (κ2) is 12.3. The van der Waals surface area contributed by atoms with Crippen molar-refractivity contribution < 1.29 is 23.8 Å². The molecule has 5 aromatic rings. The SMILES string of the molecule is COc1cc(C2C3=CCn4c(=O)n(-c5ccccc5)c(=O)n4C3CC3C(=O)N(Nc4ccc(F)cc4)C(=O)C32c2ccc(Cl)cc2)cc(I)c1O. The van der Waals surface area contributed by atoms with Crippen LogP contribution in [-0.2, 0) is 21.5 Å². The Balaban J connectivity index is 1.40. The molecule has 2 fully saturated rings. The molecular weight excluding hydrogens is 792 g/mol. The number of carbonyl (C=O) groups is 2. The first-order chi connectivity index (χ1) is 24.6. The summed E-state index contributed by atoms with van der Waals surface area (Å²) in [5.74, 6) is -3.55. The fraction of sp³-hybridized carbons (Fsp3) is 0.189. The van der Waals surface area contributed by atoms with E-state index < -0.39 is 52.3 Å². The molecule has 51 heavy (non-hydrogen) atoms. The van der Waals surface area contributed by atoms with Gasteiger partial charge in [-0.2, -0.15) is 5.01 Å². The van der Waals surface area contributed by atoms with E-state index in [4.69, 9.17) is 16.3 Å². The van der Waals surface area contributed by atoms with Crippen LogP contribution in [0.3, 0.4) is 0 Å². The van der Waals surface area contributed by atoms with Crippen LogP contribution in [0, 0.1) is 15.3 Å². The minimum atomic E-state index is -1.60. The molecule has 2 N–H and O–H groups in total. The molecule has 1 saturated heterocycles. The van der Waals surface area contributed by atoms with Crippen LogP contribution in [0.2, 0.25) is 5.02 Å². The average Bonchev–Trinajstić information content (AvgIpc) is 3.51. The number of aromatic hydroxyl groups is 1. The Morgan fingerprint density at radius 3 is 2.35 bits per heavy atom. The maximum Gasteiger partial charge on any atom is 0.352 e. The number of hydrogen-bond donors (Lipinski definition) is 2. The van der Waals surface area contributed by atoms with Gasteiger partial charge in [-0.25, -0.2) is 27.9 Å². The minimum absolute atomic E-state index is 0.0123. The van der Waals surface area contributed by atoms with Crippen LogP contribution in [0.5, 0.6) is 11.5 Å². The second-order valence-electron chi connectivity index (χ2n) is 12.6. The number of benzene rings is 4. The molecule has 0 spiro atoms. The number of ether oxygens (including phenoxy) is 1. The first-order valence-corrected chi connectivity index (χ1v) is 17.4. The van der Waals surface area contributed by atoms with Crippen molar-refractivity contribution in [3.8, 4) is 17.2 Å². The highest BCUT2D eigenvalue weighted by atomic mass is 127. The lowest BCUT2D eigenvalue weighted by Gasteiger charge is -2.49. The molecule has 4 unspecified atom stereocenters. The van der Waals surface area contributed by atoms with E-state index in [0.717, 1.165) is 9.58 Å². The van der Waals surface area contributed by atoms with Crippen molar-refractivity contribution in [1.82, 2.24) is 18.9 Å². The van der Waals surface area contributed by atoms with Crippen molar-refractivity contribution in [2.24, 2.45) is 5.92 Å². The van der Waals surface area contributed by atoms with Crippen LogP contribution in [0.1, 0.15) is 29.5 Å². The lowest BCUT2D eigenvalue weighted by molar-refractivity contribution is -0.138. The fourth-order valence-corrected chi connectivity index (χ4v) is 8.76. The van der Waals surface area contributed by atoms with Crippen LogP contribution in [0.4, 0.5) is 10.1 Å². The number of rotatable bonds is 6. The summed E-state index contributed by atoms with van der Waals surface area (Å²) in [5.41, 5.74) is 2.58. The van der Waals surface area contributed by atoms with Gasteiger partial charge in [0.15, 0.2) is 11.5 Å². The summed E-state index contributed by atoms with van der Waals surface area (Å²) in [6.07, 6.45) is 1.83. The van der Waals surface area contributed by atoms with Crippen LogP contribution in [0.25, 0.3) is 5.69 Å². The van der Waals surface area contributed by atoms with Crippen LogP contribution >= 0.6 is 34.2 Å². The van der Waals surface area contributed by atoms with Gasteiger partial charge in [0.25, 0.3) is 11.8 Å². The summed E-state index contributed by atoms with van der Waals surface area (Å²) in [6, 6.07) is 23.1. The number of carbonyl (C=O) groups excluding carboxylic acids is 2. The van der Waals surface area contributed by atoms with Crippen LogP contribution < -0.4 is 21.5 Å². The quantitative estimate of drug-likeness (QED) is 0.131. The number of nitrogens with zero attached hydrogens (tertiary/aromatic N) is 4. The molecule has 4 atom stereocenters. The number of fused-ring (bicyclic) bond motifs is 4. The van der Waals surface area contributed by atoms with E-state index in [0.29, 0.717) is 36.7 Å². The first kappa shape index (κ1) is 33.0. The van der Waals surface area contributed by atoms with Crippen molar-refractivity contribution in [2.75, 3.05) is 12.5 Å². The van der Waals surface area contributed by atoms with Gasteiger partial charge in [-0.15, -0.1) is 0 Å². The number of phenols is 1. The number of nitrogens with one attached hydrogen (secondary N) is 1. The number of hydrazine groups is 1. The number of amides is 2.